The van der Waals surface area contributed by atoms with Crippen LogP contribution in [0.5, 0.6) is 11.5 Å². The van der Waals surface area contributed by atoms with Crippen molar-refractivity contribution in [2.45, 2.75) is 25.3 Å². The van der Waals surface area contributed by atoms with Crippen molar-refractivity contribution in [1.29, 1.82) is 0 Å². The van der Waals surface area contributed by atoms with Crippen LogP contribution in [0.15, 0.2) is 18.2 Å². The maximum absolute atomic E-state index is 5.79. The molecule has 3 nitrogen and oxygen atoms in total. The van der Waals surface area contributed by atoms with E-state index in [0.717, 1.165) is 17.7 Å². The Bertz CT molecular complexity index is 341. The average molecular weight is 259 g/mol. The van der Waals surface area contributed by atoms with E-state index in [9.17, 15) is 0 Å². The first kappa shape index (κ1) is 14.1. The van der Waals surface area contributed by atoms with Crippen LogP contribution < -0.4 is 9.47 Å². The van der Waals surface area contributed by atoms with Gasteiger partial charge in [-0.2, -0.15) is 0 Å². The standard InChI is InChI=1S/C13H19ClO3/c1-10(6-7-15-2)17-12-5-4-11(9-14)8-13(12)16-3/h4-5,8,10H,6-7,9H2,1-3H3. The molecule has 0 amide bonds. The summed E-state index contributed by atoms with van der Waals surface area (Å²) in [6.07, 6.45) is 0.933. The van der Waals surface area contributed by atoms with Crippen molar-refractivity contribution < 1.29 is 14.2 Å². The van der Waals surface area contributed by atoms with Gasteiger partial charge < -0.3 is 14.2 Å². The van der Waals surface area contributed by atoms with Crippen LogP contribution in [0.3, 0.4) is 0 Å². The summed E-state index contributed by atoms with van der Waals surface area (Å²) in [5.41, 5.74) is 1.01. The Balaban J connectivity index is 2.69. The first-order chi connectivity index (χ1) is 8.21. The number of alkyl halides is 1. The van der Waals surface area contributed by atoms with Gasteiger partial charge in [-0.05, 0) is 24.6 Å². The molecule has 0 aliphatic rings. The Morgan fingerprint density at radius 2 is 2.00 bits per heavy atom. The van der Waals surface area contributed by atoms with Gasteiger partial charge in [-0.3, -0.25) is 0 Å². The predicted octanol–water partition coefficient (Wildman–Crippen LogP) is 3.24. The number of rotatable bonds is 7. The van der Waals surface area contributed by atoms with Gasteiger partial charge in [-0.15, -0.1) is 11.6 Å². The van der Waals surface area contributed by atoms with Crippen LogP contribution in [0.4, 0.5) is 0 Å². The fourth-order valence-electron chi connectivity index (χ4n) is 1.45. The summed E-state index contributed by atoms with van der Waals surface area (Å²) in [5.74, 6) is 1.92. The fraction of sp³-hybridized carbons (Fsp3) is 0.538. The molecule has 0 bridgehead atoms. The molecule has 0 saturated carbocycles. The summed E-state index contributed by atoms with van der Waals surface area (Å²) in [7, 11) is 3.31. The Morgan fingerprint density at radius 3 is 2.59 bits per heavy atom. The minimum Gasteiger partial charge on any atom is -0.493 e. The lowest BCUT2D eigenvalue weighted by Crippen LogP contribution is -2.14. The second kappa shape index (κ2) is 7.41. The molecule has 17 heavy (non-hydrogen) atoms. The summed E-state index contributed by atoms with van der Waals surface area (Å²) < 4.78 is 16.1. The Kier molecular flexibility index (Phi) is 6.16. The van der Waals surface area contributed by atoms with E-state index < -0.39 is 0 Å². The van der Waals surface area contributed by atoms with E-state index in [0.29, 0.717) is 18.2 Å². The highest BCUT2D eigenvalue weighted by atomic mass is 35.5. The average Bonchev–Trinajstić information content (AvgIpc) is 2.36. The predicted molar refractivity (Wildman–Crippen MR) is 69.1 cm³/mol. The zero-order chi connectivity index (χ0) is 12.7. The van der Waals surface area contributed by atoms with Crippen molar-refractivity contribution in [3.63, 3.8) is 0 Å². The fourth-order valence-corrected chi connectivity index (χ4v) is 1.62. The molecule has 4 heteroatoms. The molecular formula is C13H19ClO3. The van der Waals surface area contributed by atoms with Crippen molar-refractivity contribution in [3.8, 4) is 11.5 Å². The summed E-state index contributed by atoms with van der Waals surface area (Å²) in [4.78, 5) is 0. The quantitative estimate of drug-likeness (QED) is 0.703. The summed E-state index contributed by atoms with van der Waals surface area (Å²) in [5, 5.41) is 0. The number of benzene rings is 1. The Hall–Kier alpha value is -0.930. The van der Waals surface area contributed by atoms with E-state index in [2.05, 4.69) is 0 Å². The topological polar surface area (TPSA) is 27.7 Å². The molecule has 1 aromatic rings. The highest BCUT2D eigenvalue weighted by Crippen LogP contribution is 2.29. The van der Waals surface area contributed by atoms with E-state index >= 15 is 0 Å². The van der Waals surface area contributed by atoms with Gasteiger partial charge in [-0.1, -0.05) is 6.07 Å². The van der Waals surface area contributed by atoms with Crippen molar-refractivity contribution in [2.75, 3.05) is 20.8 Å². The maximum Gasteiger partial charge on any atom is 0.161 e. The SMILES string of the molecule is COCCC(C)Oc1ccc(CCl)cc1OC. The van der Waals surface area contributed by atoms with Gasteiger partial charge in [0.25, 0.3) is 0 Å². The van der Waals surface area contributed by atoms with Gasteiger partial charge >= 0.3 is 0 Å². The summed E-state index contributed by atoms with van der Waals surface area (Å²) in [6.45, 7) is 2.69. The largest absolute Gasteiger partial charge is 0.493 e. The van der Waals surface area contributed by atoms with Gasteiger partial charge in [0.2, 0.25) is 0 Å². The van der Waals surface area contributed by atoms with Gasteiger partial charge in [0, 0.05) is 26.0 Å². The summed E-state index contributed by atoms with van der Waals surface area (Å²) in [6, 6.07) is 5.72. The molecule has 0 aliphatic carbocycles. The summed E-state index contributed by atoms with van der Waals surface area (Å²) >= 11 is 5.77. The van der Waals surface area contributed by atoms with E-state index in [1.165, 1.54) is 0 Å². The molecule has 0 saturated heterocycles. The molecule has 0 aromatic heterocycles. The van der Waals surface area contributed by atoms with Crippen LogP contribution in [0.2, 0.25) is 0 Å². The molecular weight excluding hydrogens is 240 g/mol. The van der Waals surface area contributed by atoms with Crippen LogP contribution in [-0.2, 0) is 10.6 Å². The molecule has 96 valence electrons. The molecule has 1 aromatic carbocycles. The van der Waals surface area contributed by atoms with Crippen LogP contribution >= 0.6 is 11.6 Å². The molecule has 1 unspecified atom stereocenters. The number of halogens is 1. The van der Waals surface area contributed by atoms with Gasteiger partial charge in [0.05, 0.1) is 13.2 Å². The van der Waals surface area contributed by atoms with E-state index in [4.69, 9.17) is 25.8 Å². The number of hydrogen-bond donors (Lipinski definition) is 0. The highest BCUT2D eigenvalue weighted by molar-refractivity contribution is 6.17. The second-order valence-corrected chi connectivity index (χ2v) is 4.10. The van der Waals surface area contributed by atoms with Crippen LogP contribution in [0, 0.1) is 0 Å². The zero-order valence-corrected chi connectivity index (χ0v) is 11.3. The lowest BCUT2D eigenvalue weighted by atomic mass is 10.2. The zero-order valence-electron chi connectivity index (χ0n) is 10.5. The molecule has 1 rings (SSSR count). The molecule has 0 heterocycles. The highest BCUT2D eigenvalue weighted by Gasteiger charge is 2.09. The van der Waals surface area contributed by atoms with Crippen molar-refractivity contribution >= 4 is 11.6 Å². The smallest absolute Gasteiger partial charge is 0.161 e. The molecule has 0 N–H and O–H groups in total. The lowest BCUT2D eigenvalue weighted by molar-refractivity contribution is 0.132. The van der Waals surface area contributed by atoms with Gasteiger partial charge in [0.15, 0.2) is 11.5 Å². The van der Waals surface area contributed by atoms with Gasteiger partial charge in [-0.25, -0.2) is 0 Å². The lowest BCUT2D eigenvalue weighted by Gasteiger charge is -2.17. The third kappa shape index (κ3) is 4.44. The van der Waals surface area contributed by atoms with Crippen LogP contribution in [-0.4, -0.2) is 26.9 Å². The Morgan fingerprint density at radius 1 is 1.24 bits per heavy atom. The monoisotopic (exact) mass is 258 g/mol. The van der Waals surface area contributed by atoms with Gasteiger partial charge in [0.1, 0.15) is 0 Å². The van der Waals surface area contributed by atoms with E-state index in [1.54, 1.807) is 14.2 Å². The minimum absolute atomic E-state index is 0.0886. The molecule has 0 spiro atoms. The third-order valence-electron chi connectivity index (χ3n) is 2.44. The normalized spacial score (nSPS) is 12.2. The van der Waals surface area contributed by atoms with E-state index in [-0.39, 0.29) is 6.10 Å². The van der Waals surface area contributed by atoms with Crippen LogP contribution in [0.1, 0.15) is 18.9 Å². The third-order valence-corrected chi connectivity index (χ3v) is 2.75. The van der Waals surface area contributed by atoms with E-state index in [1.807, 2.05) is 25.1 Å². The minimum atomic E-state index is 0.0886. The molecule has 1 atom stereocenters. The number of hydrogen-bond acceptors (Lipinski definition) is 3. The Labute approximate surface area is 108 Å². The van der Waals surface area contributed by atoms with Crippen molar-refractivity contribution in [3.05, 3.63) is 23.8 Å². The maximum atomic E-state index is 5.79. The van der Waals surface area contributed by atoms with Crippen LogP contribution in [0.25, 0.3) is 0 Å². The second-order valence-electron chi connectivity index (χ2n) is 3.83. The first-order valence-corrected chi connectivity index (χ1v) is 6.13. The first-order valence-electron chi connectivity index (χ1n) is 5.59. The molecule has 0 radical (unpaired) electrons. The van der Waals surface area contributed by atoms with Crippen molar-refractivity contribution in [1.82, 2.24) is 0 Å². The van der Waals surface area contributed by atoms with Crippen molar-refractivity contribution in [2.24, 2.45) is 0 Å². The molecule has 0 aliphatic heterocycles. The molecule has 0 fully saturated rings. The number of methoxy groups -OCH3 is 2. The number of ether oxygens (including phenoxy) is 3.